The zero-order chi connectivity index (χ0) is 26.5. The molecule has 0 unspecified atom stereocenters. The molecule has 0 atom stereocenters. The van der Waals surface area contributed by atoms with Gasteiger partial charge in [0, 0.05) is 21.2 Å². The van der Waals surface area contributed by atoms with Gasteiger partial charge in [0.05, 0.1) is 0 Å². The second-order valence-electron chi connectivity index (χ2n) is 9.71. The summed E-state index contributed by atoms with van der Waals surface area (Å²) in [6.45, 7) is 9.00. The van der Waals surface area contributed by atoms with Gasteiger partial charge in [0.2, 0.25) is 0 Å². The Bertz CT molecular complexity index is 1380. The van der Waals surface area contributed by atoms with Gasteiger partial charge in [-0.25, -0.2) is 0 Å². The number of benzene rings is 4. The van der Waals surface area contributed by atoms with Gasteiger partial charge >= 0.3 is 26.2 Å². The summed E-state index contributed by atoms with van der Waals surface area (Å²) < 4.78 is 0. The van der Waals surface area contributed by atoms with E-state index in [9.17, 15) is 0 Å². The molecular weight excluding hydrogens is 656 g/mol. The van der Waals surface area contributed by atoms with E-state index in [4.69, 9.17) is 0 Å². The van der Waals surface area contributed by atoms with Crippen molar-refractivity contribution in [3.05, 3.63) is 144 Å². The molecule has 6 aromatic rings. The minimum atomic E-state index is 0. The van der Waals surface area contributed by atoms with E-state index in [1.807, 2.05) is 0 Å². The van der Waals surface area contributed by atoms with Crippen LogP contribution in [0.3, 0.4) is 0 Å². The summed E-state index contributed by atoms with van der Waals surface area (Å²) in [4.78, 5) is 0. The van der Waals surface area contributed by atoms with Crippen LogP contribution in [0.25, 0.3) is 43.4 Å². The normalized spacial score (nSPS) is 9.85. The Labute approximate surface area is 280 Å². The van der Waals surface area contributed by atoms with Crippen LogP contribution in [0.5, 0.6) is 0 Å². The van der Waals surface area contributed by atoms with Gasteiger partial charge in [0.25, 0.3) is 0 Å². The molecule has 0 aliphatic heterocycles. The van der Waals surface area contributed by atoms with Gasteiger partial charge in [0.15, 0.2) is 0 Å². The summed E-state index contributed by atoms with van der Waals surface area (Å²) in [5, 5.41) is 5.99. The second-order valence-corrected chi connectivity index (χ2v) is 12.2. The molecule has 0 amide bonds. The average molecular weight is 691 g/mol. The third-order valence-corrected chi connectivity index (χ3v) is 11.0. The number of halogens is 2. The Morgan fingerprint density at radius 1 is 0.317 bits per heavy atom. The van der Waals surface area contributed by atoms with Crippen LogP contribution in [0.1, 0.15) is 22.3 Å². The van der Waals surface area contributed by atoms with Crippen molar-refractivity contribution in [1.82, 2.24) is 0 Å². The first-order chi connectivity index (χ1) is 18.5. The van der Waals surface area contributed by atoms with E-state index in [1.165, 1.54) is 65.7 Å². The maximum atomic E-state index is 2.25. The van der Waals surface area contributed by atoms with E-state index >= 15 is 0 Å². The molecule has 0 aliphatic carbocycles. The summed E-state index contributed by atoms with van der Waals surface area (Å²) >= 11 is 0. The standard InChI is InChI=1S/2C18H17P.2ClH.Zr/c2*1-13-14(2)18(16-11-7-4-8-12-16)19-17(13)15-9-5-3-6-10-15;;;/h2*3-12,19H,1-2H3;2*1H;/q;;;;+2/p-2. The summed E-state index contributed by atoms with van der Waals surface area (Å²) in [5.41, 5.74) is 11.2. The van der Waals surface area contributed by atoms with Gasteiger partial charge in [-0.15, -0.1) is 16.4 Å². The SMILES string of the molecule is Cc1c(-c2ccccc2)[pH]c(-c2ccccc2)c1C.Cc1c(-c2ccccc2)[pH]c(-c2ccccc2)c1C.[Cl-].[Cl-].[Zr+2]. The summed E-state index contributed by atoms with van der Waals surface area (Å²) in [6, 6.07) is 43.0. The molecule has 4 aromatic carbocycles. The molecule has 0 nitrogen and oxygen atoms in total. The molecule has 5 heteroatoms. The molecule has 0 bridgehead atoms. The van der Waals surface area contributed by atoms with Crippen LogP contribution in [0, 0.1) is 27.7 Å². The molecule has 0 saturated carbocycles. The molecule has 0 N–H and O–H groups in total. The topological polar surface area (TPSA) is 0 Å². The van der Waals surface area contributed by atoms with Crippen molar-refractivity contribution in [2.75, 3.05) is 0 Å². The van der Waals surface area contributed by atoms with E-state index in [0.717, 1.165) is 16.4 Å². The first-order valence-corrected chi connectivity index (χ1v) is 15.1. The Morgan fingerprint density at radius 3 is 0.659 bits per heavy atom. The predicted molar refractivity (Wildman–Crippen MR) is 173 cm³/mol. The summed E-state index contributed by atoms with van der Waals surface area (Å²) in [7, 11) is 1.53. The number of hydrogen-bond donors (Lipinski definition) is 0. The van der Waals surface area contributed by atoms with Crippen LogP contribution in [-0.4, -0.2) is 0 Å². The molecule has 0 fully saturated rings. The fourth-order valence-electron chi connectivity index (χ4n) is 4.95. The third-order valence-electron chi connectivity index (χ3n) is 7.37. The van der Waals surface area contributed by atoms with Gasteiger partial charge in [-0.1, -0.05) is 121 Å². The van der Waals surface area contributed by atoms with E-state index in [0.29, 0.717) is 0 Å². The fraction of sp³-hybridized carbons (Fsp3) is 0.111. The van der Waals surface area contributed by atoms with E-state index in [1.54, 1.807) is 0 Å². The van der Waals surface area contributed by atoms with Crippen LogP contribution in [0.2, 0.25) is 0 Å². The summed E-state index contributed by atoms with van der Waals surface area (Å²) in [5.74, 6) is 0. The molecule has 2 aromatic heterocycles. The molecule has 2 heterocycles. The van der Waals surface area contributed by atoms with E-state index in [-0.39, 0.29) is 51.0 Å². The maximum absolute atomic E-state index is 2.25. The monoisotopic (exact) mass is 688 g/mol. The third kappa shape index (κ3) is 8.05. The van der Waals surface area contributed by atoms with Gasteiger partial charge in [0.1, 0.15) is 0 Å². The maximum Gasteiger partial charge on any atom is 2.00 e. The molecule has 41 heavy (non-hydrogen) atoms. The first kappa shape index (κ1) is 35.1. The van der Waals surface area contributed by atoms with Crippen LogP contribution in [-0.2, 0) is 26.2 Å². The Hall–Kier alpha value is -2.10. The van der Waals surface area contributed by atoms with Crippen molar-refractivity contribution in [2.24, 2.45) is 0 Å². The summed E-state index contributed by atoms with van der Waals surface area (Å²) in [6.07, 6.45) is 0. The molecular formula is C36H34Cl2P2Zr. The van der Waals surface area contributed by atoms with Gasteiger partial charge in [-0.2, -0.15) is 0 Å². The van der Waals surface area contributed by atoms with Gasteiger partial charge in [-0.3, -0.25) is 0 Å². The number of hydrogen-bond acceptors (Lipinski definition) is 0. The molecule has 206 valence electrons. The zero-order valence-electron chi connectivity index (χ0n) is 23.8. The largest absolute Gasteiger partial charge is 2.00 e. The minimum Gasteiger partial charge on any atom is -1.00 e. The van der Waals surface area contributed by atoms with E-state index < -0.39 is 0 Å². The Morgan fingerprint density at radius 2 is 0.488 bits per heavy atom. The molecule has 6 rings (SSSR count). The van der Waals surface area contributed by atoms with Crippen molar-refractivity contribution in [1.29, 1.82) is 0 Å². The van der Waals surface area contributed by atoms with Crippen molar-refractivity contribution in [3.63, 3.8) is 0 Å². The Balaban J connectivity index is 0.000000267. The first-order valence-electron chi connectivity index (χ1n) is 13.1. The fourth-order valence-corrected chi connectivity index (χ4v) is 8.19. The van der Waals surface area contributed by atoms with E-state index in [2.05, 4.69) is 149 Å². The van der Waals surface area contributed by atoms with Gasteiger partial charge < -0.3 is 24.8 Å². The molecule has 0 aliphatic rings. The molecule has 0 radical (unpaired) electrons. The van der Waals surface area contributed by atoms with Crippen molar-refractivity contribution >= 4 is 16.4 Å². The zero-order valence-corrected chi connectivity index (χ0v) is 29.8. The quantitative estimate of drug-likeness (QED) is 0.235. The van der Waals surface area contributed by atoms with Gasteiger partial charge in [-0.05, 0) is 72.2 Å². The van der Waals surface area contributed by atoms with Crippen molar-refractivity contribution in [2.45, 2.75) is 27.7 Å². The van der Waals surface area contributed by atoms with Crippen LogP contribution < -0.4 is 24.8 Å². The van der Waals surface area contributed by atoms with Crippen molar-refractivity contribution < 1.29 is 51.0 Å². The molecule has 0 spiro atoms. The number of rotatable bonds is 4. The average Bonchev–Trinajstić information content (AvgIpc) is 3.45. The molecule has 0 saturated heterocycles. The Kier molecular flexibility index (Phi) is 14.1. The second kappa shape index (κ2) is 16.5. The van der Waals surface area contributed by atoms with Crippen molar-refractivity contribution in [3.8, 4) is 43.4 Å². The minimum absolute atomic E-state index is 0. The smallest absolute Gasteiger partial charge is 1.00 e. The van der Waals surface area contributed by atoms with Crippen LogP contribution >= 0.6 is 16.4 Å². The predicted octanol–water partition coefficient (Wildman–Crippen LogP) is 5.34. The van der Waals surface area contributed by atoms with Crippen LogP contribution in [0.4, 0.5) is 0 Å². The van der Waals surface area contributed by atoms with Crippen LogP contribution in [0.15, 0.2) is 121 Å².